The molecule has 3 rings (SSSR count). The van der Waals surface area contributed by atoms with E-state index in [2.05, 4.69) is 61.5 Å². The zero-order valence-corrected chi connectivity index (χ0v) is 16.3. The Balaban J connectivity index is 1.55. The van der Waals surface area contributed by atoms with Gasteiger partial charge in [-0.2, -0.15) is 0 Å². The number of thiophene rings is 1. The van der Waals surface area contributed by atoms with E-state index in [1.54, 1.807) is 4.88 Å². The standard InChI is InChI=1S/C24H30S/c1-2-3-4-5-6-7-8-12-17-22-19-21-16-13-18-23(24(21)25-22)20-14-10-9-11-15-20/h9-11,13-16,18-19H,2-8,12,17H2,1H3. The topological polar surface area (TPSA) is 0 Å². The van der Waals surface area contributed by atoms with Crippen molar-refractivity contribution in [3.8, 4) is 11.1 Å². The molecule has 0 saturated heterocycles. The van der Waals surface area contributed by atoms with Gasteiger partial charge in [-0.25, -0.2) is 0 Å². The van der Waals surface area contributed by atoms with Crippen LogP contribution in [0.5, 0.6) is 0 Å². The lowest BCUT2D eigenvalue weighted by molar-refractivity contribution is 0.576. The van der Waals surface area contributed by atoms with Gasteiger partial charge in [0.05, 0.1) is 0 Å². The van der Waals surface area contributed by atoms with Crippen LogP contribution < -0.4 is 0 Å². The maximum Gasteiger partial charge on any atom is 0.0424 e. The van der Waals surface area contributed by atoms with E-state index in [1.165, 1.54) is 79.0 Å². The maximum atomic E-state index is 2.41. The summed E-state index contributed by atoms with van der Waals surface area (Å²) in [5, 5.41) is 1.40. The minimum Gasteiger partial charge on any atom is -0.140 e. The average Bonchev–Trinajstić information content (AvgIpc) is 3.07. The van der Waals surface area contributed by atoms with Gasteiger partial charge >= 0.3 is 0 Å². The van der Waals surface area contributed by atoms with Gasteiger partial charge in [0, 0.05) is 9.58 Å². The Bertz CT molecular complexity index is 754. The van der Waals surface area contributed by atoms with E-state index in [4.69, 9.17) is 0 Å². The molecule has 0 aliphatic heterocycles. The molecule has 0 aliphatic rings. The minimum absolute atomic E-state index is 1.24. The summed E-state index contributed by atoms with van der Waals surface area (Å²) in [6, 6.07) is 19.9. The maximum absolute atomic E-state index is 2.41. The van der Waals surface area contributed by atoms with Crippen LogP contribution in [-0.4, -0.2) is 0 Å². The molecule has 0 unspecified atom stereocenters. The molecular formula is C24H30S. The number of hydrogen-bond donors (Lipinski definition) is 0. The van der Waals surface area contributed by atoms with Crippen molar-refractivity contribution in [1.82, 2.24) is 0 Å². The number of benzene rings is 2. The summed E-state index contributed by atoms with van der Waals surface area (Å²) in [7, 11) is 0. The summed E-state index contributed by atoms with van der Waals surface area (Å²) in [5.41, 5.74) is 2.71. The molecule has 0 aliphatic carbocycles. The van der Waals surface area contributed by atoms with Crippen molar-refractivity contribution in [2.24, 2.45) is 0 Å². The lowest BCUT2D eigenvalue weighted by Gasteiger charge is -2.02. The van der Waals surface area contributed by atoms with Gasteiger partial charge in [-0.3, -0.25) is 0 Å². The monoisotopic (exact) mass is 350 g/mol. The van der Waals surface area contributed by atoms with E-state index in [1.807, 2.05) is 11.3 Å². The smallest absolute Gasteiger partial charge is 0.0424 e. The third kappa shape index (κ3) is 5.19. The van der Waals surface area contributed by atoms with E-state index in [0.29, 0.717) is 0 Å². The molecule has 0 bridgehead atoms. The van der Waals surface area contributed by atoms with Gasteiger partial charge in [0.25, 0.3) is 0 Å². The second kappa shape index (κ2) is 9.77. The van der Waals surface area contributed by atoms with Crippen molar-refractivity contribution in [1.29, 1.82) is 0 Å². The van der Waals surface area contributed by atoms with Gasteiger partial charge in [0.2, 0.25) is 0 Å². The molecule has 0 nitrogen and oxygen atoms in total. The Kier molecular flexibility index (Phi) is 7.11. The van der Waals surface area contributed by atoms with Crippen LogP contribution in [0, 0.1) is 0 Å². The Morgan fingerprint density at radius 2 is 1.44 bits per heavy atom. The highest BCUT2D eigenvalue weighted by Crippen LogP contribution is 2.35. The van der Waals surface area contributed by atoms with Gasteiger partial charge < -0.3 is 0 Å². The first-order valence-corrected chi connectivity index (χ1v) is 10.8. The van der Waals surface area contributed by atoms with Crippen LogP contribution in [0.4, 0.5) is 0 Å². The van der Waals surface area contributed by atoms with Crippen LogP contribution >= 0.6 is 11.3 Å². The van der Waals surface area contributed by atoms with Gasteiger partial charge in [-0.05, 0) is 35.4 Å². The van der Waals surface area contributed by atoms with E-state index in [0.717, 1.165) is 0 Å². The van der Waals surface area contributed by atoms with Crippen molar-refractivity contribution in [3.63, 3.8) is 0 Å². The van der Waals surface area contributed by atoms with E-state index >= 15 is 0 Å². The molecule has 0 N–H and O–H groups in total. The van der Waals surface area contributed by atoms with Gasteiger partial charge in [-0.15, -0.1) is 11.3 Å². The molecule has 3 aromatic rings. The Morgan fingerprint density at radius 1 is 0.720 bits per heavy atom. The van der Waals surface area contributed by atoms with Crippen LogP contribution in [0.3, 0.4) is 0 Å². The summed E-state index contributed by atoms with van der Waals surface area (Å²) >= 11 is 1.99. The summed E-state index contributed by atoms with van der Waals surface area (Å²) in [6.07, 6.45) is 12.4. The molecule has 0 saturated carbocycles. The molecule has 0 atom stereocenters. The molecule has 1 heterocycles. The quantitative estimate of drug-likeness (QED) is 0.323. The van der Waals surface area contributed by atoms with Gasteiger partial charge in [-0.1, -0.05) is 100 Å². The SMILES string of the molecule is CCCCCCCCCCc1cc2cccc(-c3ccccc3)c2s1. The van der Waals surface area contributed by atoms with Gasteiger partial charge in [0.1, 0.15) is 0 Å². The average molecular weight is 351 g/mol. The highest BCUT2D eigenvalue weighted by atomic mass is 32.1. The van der Waals surface area contributed by atoms with Crippen LogP contribution in [0.15, 0.2) is 54.6 Å². The lowest BCUT2D eigenvalue weighted by Crippen LogP contribution is -1.83. The van der Waals surface area contributed by atoms with E-state index < -0.39 is 0 Å². The zero-order chi connectivity index (χ0) is 17.3. The number of fused-ring (bicyclic) bond motifs is 1. The summed E-state index contributed by atoms with van der Waals surface area (Å²) in [5.74, 6) is 0. The van der Waals surface area contributed by atoms with Crippen molar-refractivity contribution >= 4 is 21.4 Å². The number of aryl methyl sites for hydroxylation is 1. The fraction of sp³-hybridized carbons (Fsp3) is 0.417. The molecular weight excluding hydrogens is 320 g/mol. The Hall–Kier alpha value is -1.60. The third-order valence-electron chi connectivity index (χ3n) is 4.96. The van der Waals surface area contributed by atoms with Crippen LogP contribution in [0.25, 0.3) is 21.2 Å². The highest BCUT2D eigenvalue weighted by molar-refractivity contribution is 7.19. The summed E-state index contributed by atoms with van der Waals surface area (Å²) in [4.78, 5) is 1.55. The normalized spacial score (nSPS) is 11.2. The fourth-order valence-corrected chi connectivity index (χ4v) is 4.75. The molecule has 0 amide bonds. The molecule has 0 radical (unpaired) electrons. The fourth-order valence-electron chi connectivity index (χ4n) is 3.52. The predicted molar refractivity (Wildman–Crippen MR) is 114 cm³/mol. The highest BCUT2D eigenvalue weighted by Gasteiger charge is 2.07. The molecule has 1 aromatic heterocycles. The molecule has 1 heteroatoms. The first-order valence-electron chi connectivity index (χ1n) is 9.95. The number of unbranched alkanes of at least 4 members (excludes halogenated alkanes) is 7. The van der Waals surface area contributed by atoms with Crippen LogP contribution in [0.1, 0.15) is 63.2 Å². The zero-order valence-electron chi connectivity index (χ0n) is 15.5. The number of hydrogen-bond acceptors (Lipinski definition) is 1. The molecule has 0 spiro atoms. The van der Waals surface area contributed by atoms with Crippen molar-refractivity contribution in [2.45, 2.75) is 64.7 Å². The molecule has 132 valence electrons. The second-order valence-corrected chi connectivity index (χ2v) is 8.16. The largest absolute Gasteiger partial charge is 0.140 e. The van der Waals surface area contributed by atoms with Crippen LogP contribution in [-0.2, 0) is 6.42 Å². The molecule has 25 heavy (non-hydrogen) atoms. The summed E-state index contributed by atoms with van der Waals surface area (Å²) in [6.45, 7) is 2.29. The Morgan fingerprint density at radius 3 is 2.20 bits per heavy atom. The molecule has 0 fully saturated rings. The first kappa shape index (κ1) is 18.2. The van der Waals surface area contributed by atoms with Gasteiger partial charge in [0.15, 0.2) is 0 Å². The van der Waals surface area contributed by atoms with E-state index in [-0.39, 0.29) is 0 Å². The third-order valence-corrected chi connectivity index (χ3v) is 6.20. The summed E-state index contributed by atoms with van der Waals surface area (Å²) < 4.78 is 1.45. The minimum atomic E-state index is 1.24. The second-order valence-electron chi connectivity index (χ2n) is 7.03. The predicted octanol–water partition coefficient (Wildman–Crippen LogP) is 8.25. The van der Waals surface area contributed by atoms with E-state index in [9.17, 15) is 0 Å². The first-order chi connectivity index (χ1) is 12.4. The molecule has 2 aromatic carbocycles. The van der Waals surface area contributed by atoms with Crippen LogP contribution in [0.2, 0.25) is 0 Å². The lowest BCUT2D eigenvalue weighted by atomic mass is 10.0. The van der Waals surface area contributed by atoms with Crippen molar-refractivity contribution in [2.75, 3.05) is 0 Å². The Labute approximate surface area is 156 Å². The van der Waals surface area contributed by atoms with Crippen molar-refractivity contribution < 1.29 is 0 Å². The van der Waals surface area contributed by atoms with Crippen molar-refractivity contribution in [3.05, 3.63) is 59.5 Å². The number of rotatable bonds is 10.